The zero-order valence-corrected chi connectivity index (χ0v) is 10.0. The van der Waals surface area contributed by atoms with E-state index in [1.165, 1.54) is 12.2 Å². The van der Waals surface area contributed by atoms with Gasteiger partial charge < -0.3 is 5.11 Å². The number of nitrogens with zero attached hydrogens (tertiary/aromatic N) is 1. The summed E-state index contributed by atoms with van der Waals surface area (Å²) in [5, 5.41) is 9.65. The number of hydrogen-bond acceptors (Lipinski definition) is 3. The first-order chi connectivity index (χ1) is 7.18. The monoisotopic (exact) mass is 229 g/mol. The predicted octanol–water partition coefficient (Wildman–Crippen LogP) is 1.68. The number of thioether (sulfide) groups is 1. The van der Waals surface area contributed by atoms with Crippen LogP contribution in [0.1, 0.15) is 26.2 Å². The van der Waals surface area contributed by atoms with Crippen molar-refractivity contribution in [1.29, 1.82) is 0 Å². The number of rotatable bonds is 2. The molecule has 2 aliphatic rings. The minimum atomic E-state index is -0.608. The number of hydrogen-bond donors (Lipinski definition) is 1. The number of likely N-dealkylation sites (tertiary alicyclic amines) is 1. The van der Waals surface area contributed by atoms with Crippen LogP contribution in [-0.2, 0) is 4.79 Å². The highest BCUT2D eigenvalue weighted by atomic mass is 32.2. The van der Waals surface area contributed by atoms with E-state index in [4.69, 9.17) is 5.11 Å². The third kappa shape index (κ3) is 2.48. The van der Waals surface area contributed by atoms with Crippen molar-refractivity contribution >= 4 is 17.7 Å². The number of carbonyl (C=O) groups is 1. The van der Waals surface area contributed by atoms with Crippen molar-refractivity contribution in [2.24, 2.45) is 5.92 Å². The fourth-order valence-electron chi connectivity index (χ4n) is 2.68. The summed E-state index contributed by atoms with van der Waals surface area (Å²) in [5.74, 6) is 0.569. The molecule has 0 amide bonds. The summed E-state index contributed by atoms with van der Waals surface area (Å²) in [7, 11) is 0. The van der Waals surface area contributed by atoms with E-state index in [-0.39, 0.29) is 5.92 Å². The Hall–Kier alpha value is -0.220. The second-order valence-electron chi connectivity index (χ2n) is 4.58. The summed E-state index contributed by atoms with van der Waals surface area (Å²) in [6.45, 7) is 4.25. The largest absolute Gasteiger partial charge is 0.481 e. The molecule has 0 radical (unpaired) electrons. The Morgan fingerprint density at radius 2 is 2.00 bits per heavy atom. The van der Waals surface area contributed by atoms with Crippen molar-refractivity contribution in [2.75, 3.05) is 18.8 Å². The van der Waals surface area contributed by atoms with Gasteiger partial charge in [-0.3, -0.25) is 9.69 Å². The lowest BCUT2D eigenvalue weighted by Gasteiger charge is -2.36. The van der Waals surface area contributed by atoms with Gasteiger partial charge in [0.05, 0.1) is 5.92 Å². The zero-order valence-electron chi connectivity index (χ0n) is 9.19. The average Bonchev–Trinajstić information content (AvgIpc) is 2.65. The molecule has 3 nitrogen and oxygen atoms in total. The molecule has 1 N–H and O–H groups in total. The Morgan fingerprint density at radius 1 is 1.33 bits per heavy atom. The molecular weight excluding hydrogens is 210 g/mol. The Kier molecular flexibility index (Phi) is 3.57. The molecule has 0 spiro atoms. The van der Waals surface area contributed by atoms with Crippen LogP contribution in [0, 0.1) is 5.92 Å². The molecule has 2 atom stereocenters. The maximum absolute atomic E-state index is 10.8. The van der Waals surface area contributed by atoms with Gasteiger partial charge >= 0.3 is 5.97 Å². The van der Waals surface area contributed by atoms with E-state index in [2.05, 4.69) is 11.8 Å². The molecule has 2 fully saturated rings. The van der Waals surface area contributed by atoms with E-state index in [0.717, 1.165) is 31.2 Å². The van der Waals surface area contributed by atoms with E-state index < -0.39 is 5.97 Å². The highest BCUT2D eigenvalue weighted by Gasteiger charge is 2.33. The van der Waals surface area contributed by atoms with Crippen LogP contribution in [0.25, 0.3) is 0 Å². The summed E-state index contributed by atoms with van der Waals surface area (Å²) in [6, 6.07) is 0.699. The van der Waals surface area contributed by atoms with Gasteiger partial charge in [-0.2, -0.15) is 11.8 Å². The van der Waals surface area contributed by atoms with E-state index >= 15 is 0 Å². The minimum Gasteiger partial charge on any atom is -0.481 e. The lowest BCUT2D eigenvalue weighted by atomic mass is 9.95. The first kappa shape index (κ1) is 11.3. The normalized spacial score (nSPS) is 34.5. The third-order valence-electron chi connectivity index (χ3n) is 3.68. The van der Waals surface area contributed by atoms with Gasteiger partial charge in [0.25, 0.3) is 0 Å². The van der Waals surface area contributed by atoms with Gasteiger partial charge in [0.1, 0.15) is 0 Å². The van der Waals surface area contributed by atoms with Crippen LogP contribution in [0.4, 0.5) is 0 Å². The van der Waals surface area contributed by atoms with Gasteiger partial charge in [-0.05, 0) is 38.1 Å². The van der Waals surface area contributed by atoms with Gasteiger partial charge in [-0.15, -0.1) is 0 Å². The Labute approximate surface area is 95.2 Å². The topological polar surface area (TPSA) is 40.5 Å². The van der Waals surface area contributed by atoms with Crippen LogP contribution < -0.4 is 0 Å². The third-order valence-corrected chi connectivity index (χ3v) is 5.00. The molecule has 2 aliphatic heterocycles. The van der Waals surface area contributed by atoms with Crippen LogP contribution >= 0.6 is 11.8 Å². The zero-order chi connectivity index (χ0) is 10.8. The molecule has 2 unspecified atom stereocenters. The van der Waals surface area contributed by atoms with Crippen LogP contribution in [0.5, 0.6) is 0 Å². The molecule has 0 aromatic heterocycles. The summed E-state index contributed by atoms with van der Waals surface area (Å²) >= 11 is 2.05. The summed E-state index contributed by atoms with van der Waals surface area (Å²) in [4.78, 5) is 13.3. The average molecular weight is 229 g/mol. The predicted molar refractivity (Wildman–Crippen MR) is 62.3 cm³/mol. The first-order valence-corrected chi connectivity index (χ1v) is 6.82. The van der Waals surface area contributed by atoms with Crippen LogP contribution in [0.2, 0.25) is 0 Å². The molecule has 4 heteroatoms. The van der Waals surface area contributed by atoms with Gasteiger partial charge in [-0.25, -0.2) is 0 Å². The number of carboxylic acids is 1. The fourth-order valence-corrected chi connectivity index (χ4v) is 3.96. The van der Waals surface area contributed by atoms with Crippen molar-refractivity contribution in [1.82, 2.24) is 4.90 Å². The summed E-state index contributed by atoms with van der Waals surface area (Å²) in [5.41, 5.74) is 0. The quantitative estimate of drug-likeness (QED) is 0.782. The van der Waals surface area contributed by atoms with Crippen LogP contribution in [0.3, 0.4) is 0 Å². The van der Waals surface area contributed by atoms with Gasteiger partial charge in [0.15, 0.2) is 0 Å². The summed E-state index contributed by atoms with van der Waals surface area (Å²) < 4.78 is 0. The van der Waals surface area contributed by atoms with Crippen LogP contribution in [0.15, 0.2) is 0 Å². The van der Waals surface area contributed by atoms with E-state index in [1.54, 1.807) is 0 Å². The van der Waals surface area contributed by atoms with Gasteiger partial charge in [0, 0.05) is 11.3 Å². The molecule has 0 bridgehead atoms. The van der Waals surface area contributed by atoms with Crippen molar-refractivity contribution in [2.45, 2.75) is 37.5 Å². The molecule has 2 rings (SSSR count). The molecule has 0 aliphatic carbocycles. The van der Waals surface area contributed by atoms with Crippen molar-refractivity contribution in [3.63, 3.8) is 0 Å². The molecular formula is C11H19NO2S. The van der Waals surface area contributed by atoms with Crippen LogP contribution in [-0.4, -0.2) is 46.1 Å². The lowest BCUT2D eigenvalue weighted by molar-refractivity contribution is -0.143. The summed E-state index contributed by atoms with van der Waals surface area (Å²) in [6.07, 6.45) is 2.95. The van der Waals surface area contributed by atoms with E-state index in [9.17, 15) is 4.79 Å². The Balaban J connectivity index is 1.85. The second-order valence-corrected chi connectivity index (χ2v) is 6.07. The first-order valence-electron chi connectivity index (χ1n) is 5.77. The van der Waals surface area contributed by atoms with Crippen molar-refractivity contribution in [3.05, 3.63) is 0 Å². The highest BCUT2D eigenvalue weighted by molar-refractivity contribution is 8.00. The smallest absolute Gasteiger partial charge is 0.306 e. The molecule has 2 heterocycles. The maximum Gasteiger partial charge on any atom is 0.306 e. The molecule has 0 aromatic carbocycles. The van der Waals surface area contributed by atoms with E-state index in [1.807, 2.05) is 11.8 Å². The molecule has 86 valence electrons. The molecule has 0 aromatic rings. The minimum absolute atomic E-state index is 0.0920. The van der Waals surface area contributed by atoms with Gasteiger partial charge in [-0.1, -0.05) is 6.92 Å². The Morgan fingerprint density at radius 3 is 2.47 bits per heavy atom. The fraction of sp³-hybridized carbons (Fsp3) is 0.909. The number of aliphatic carboxylic acids is 1. The van der Waals surface area contributed by atoms with E-state index in [0.29, 0.717) is 6.04 Å². The molecule has 0 saturated carbocycles. The van der Waals surface area contributed by atoms with Gasteiger partial charge in [0.2, 0.25) is 0 Å². The standard InChI is InChI=1S/C11H19NO2S/c1-8-10(4-7-15-8)12-5-2-9(3-6-12)11(13)14/h8-10H,2-7H2,1H3,(H,13,14). The maximum atomic E-state index is 10.8. The lowest BCUT2D eigenvalue weighted by Crippen LogP contribution is -2.45. The SMILES string of the molecule is CC1SCCC1N1CCC(C(=O)O)CC1. The second kappa shape index (κ2) is 4.74. The molecule has 2 saturated heterocycles. The number of carboxylic acid groups (broad SMARTS) is 1. The Bertz CT molecular complexity index is 239. The molecule has 15 heavy (non-hydrogen) atoms. The van der Waals surface area contributed by atoms with Crippen molar-refractivity contribution in [3.8, 4) is 0 Å². The van der Waals surface area contributed by atoms with Crippen molar-refractivity contribution < 1.29 is 9.90 Å². The highest BCUT2D eigenvalue weighted by Crippen LogP contribution is 2.32. The number of piperidine rings is 1.